The van der Waals surface area contributed by atoms with Crippen LogP contribution in [0, 0.1) is 29.1 Å². The summed E-state index contributed by atoms with van der Waals surface area (Å²) >= 11 is 0. The molecule has 13 atom stereocenters. The van der Waals surface area contributed by atoms with Crippen molar-refractivity contribution in [2.45, 2.75) is 79.9 Å². The molecule has 0 aromatic rings. The van der Waals surface area contributed by atoms with E-state index in [1.165, 1.54) is 0 Å². The van der Waals surface area contributed by atoms with Crippen molar-refractivity contribution in [1.29, 1.82) is 0 Å². The van der Waals surface area contributed by atoms with Crippen LogP contribution >= 0.6 is 0 Å². The van der Waals surface area contributed by atoms with E-state index in [0.29, 0.717) is 12.8 Å². The summed E-state index contributed by atoms with van der Waals surface area (Å²) in [6, 6.07) is 0.0745. The molecule has 0 amide bonds. The van der Waals surface area contributed by atoms with Crippen LogP contribution in [0.4, 0.5) is 0 Å². The van der Waals surface area contributed by atoms with Crippen molar-refractivity contribution in [2.24, 2.45) is 29.1 Å². The maximum Gasteiger partial charge on any atom is 0.124 e. The molecule has 0 aromatic heterocycles. The second-order valence-electron chi connectivity index (χ2n) is 11.1. The Labute approximate surface area is 171 Å². The zero-order chi connectivity index (χ0) is 20.1. The normalized spacial score (nSPS) is 68.7. The van der Waals surface area contributed by atoms with Gasteiger partial charge in [0, 0.05) is 68.7 Å². The summed E-state index contributed by atoms with van der Waals surface area (Å²) in [5, 5.41) is 36.3. The molecule has 7 fully saturated rings. The van der Waals surface area contributed by atoms with Gasteiger partial charge < -0.3 is 29.5 Å². The maximum atomic E-state index is 12.3. The van der Waals surface area contributed by atoms with Crippen LogP contribution in [0.3, 0.4) is 0 Å². The summed E-state index contributed by atoms with van der Waals surface area (Å²) < 4.78 is 18.1. The standard InChI is InChI=1S/C22H33NO6/c1-4-23-9-19-13-6-11-17(23)21(13,15(24)7-16(19)29-19)14-5-10-12(27-2)8-20(11,25)22(14,26)18(10)28-3/h10-18,24-26H,4-9H2,1-3H3. The second kappa shape index (κ2) is 5.03. The molecule has 0 aromatic carbocycles. The van der Waals surface area contributed by atoms with Gasteiger partial charge in [-0.05, 0) is 19.4 Å². The number of nitrogens with zero attached hydrogens (tertiary/aromatic N) is 1. The van der Waals surface area contributed by atoms with Crippen LogP contribution in [0.15, 0.2) is 0 Å². The number of hydrogen-bond acceptors (Lipinski definition) is 7. The highest BCUT2D eigenvalue weighted by molar-refractivity contribution is 5.41. The lowest BCUT2D eigenvalue weighted by molar-refractivity contribution is -0.325. The van der Waals surface area contributed by atoms with Crippen molar-refractivity contribution in [2.75, 3.05) is 27.3 Å². The van der Waals surface area contributed by atoms with Crippen molar-refractivity contribution in [3.05, 3.63) is 0 Å². The van der Waals surface area contributed by atoms with Gasteiger partial charge in [0.25, 0.3) is 0 Å². The van der Waals surface area contributed by atoms with E-state index in [4.69, 9.17) is 14.2 Å². The highest BCUT2D eigenvalue weighted by Gasteiger charge is 2.91. The van der Waals surface area contributed by atoms with Gasteiger partial charge in [0.05, 0.1) is 24.4 Å². The molecule has 5 saturated carbocycles. The molecule has 3 N–H and O–H groups in total. The largest absolute Gasteiger partial charge is 0.392 e. The van der Waals surface area contributed by atoms with Crippen molar-refractivity contribution in [3.63, 3.8) is 0 Å². The number of aliphatic hydroxyl groups excluding tert-OH is 1. The Hall–Kier alpha value is -0.280. The van der Waals surface area contributed by atoms with Crippen LogP contribution in [-0.2, 0) is 14.2 Å². The average Bonchev–Trinajstić information content (AvgIpc) is 3.19. The first-order chi connectivity index (χ1) is 13.8. The van der Waals surface area contributed by atoms with Gasteiger partial charge >= 0.3 is 0 Å². The number of methoxy groups -OCH3 is 2. The highest BCUT2D eigenvalue weighted by atomic mass is 16.6. The lowest BCUT2D eigenvalue weighted by atomic mass is 9.44. The molecule has 0 radical (unpaired) electrons. The van der Waals surface area contributed by atoms with Crippen LogP contribution in [-0.4, -0.2) is 94.8 Å². The summed E-state index contributed by atoms with van der Waals surface area (Å²) in [4.78, 5) is 2.46. The number of piperidine rings is 1. The van der Waals surface area contributed by atoms with Crippen LogP contribution in [0.25, 0.3) is 0 Å². The predicted molar refractivity (Wildman–Crippen MR) is 101 cm³/mol. The lowest BCUT2D eigenvalue weighted by Gasteiger charge is -2.68. The van der Waals surface area contributed by atoms with Crippen molar-refractivity contribution in [1.82, 2.24) is 4.90 Å². The molecule has 13 unspecified atom stereocenters. The number of likely N-dealkylation sites (tertiary alicyclic amines) is 1. The van der Waals surface area contributed by atoms with E-state index < -0.39 is 28.8 Å². The van der Waals surface area contributed by atoms with Gasteiger partial charge in [-0.25, -0.2) is 0 Å². The Kier molecular flexibility index (Phi) is 3.18. The third kappa shape index (κ3) is 1.52. The van der Waals surface area contributed by atoms with E-state index in [1.54, 1.807) is 14.2 Å². The van der Waals surface area contributed by atoms with Crippen LogP contribution in [0.1, 0.15) is 32.6 Å². The first-order valence-electron chi connectivity index (χ1n) is 11.4. The average molecular weight is 408 g/mol. The smallest absolute Gasteiger partial charge is 0.124 e. The minimum atomic E-state index is -1.35. The van der Waals surface area contributed by atoms with Gasteiger partial charge in [0.2, 0.25) is 0 Å². The quantitative estimate of drug-likeness (QED) is 0.556. The van der Waals surface area contributed by atoms with Gasteiger partial charge in [-0.3, -0.25) is 4.90 Å². The summed E-state index contributed by atoms with van der Waals surface area (Å²) in [7, 11) is 3.34. The molecule has 2 spiro atoms. The fraction of sp³-hybridized carbons (Fsp3) is 1.00. The Morgan fingerprint density at radius 3 is 2.59 bits per heavy atom. The van der Waals surface area contributed by atoms with Gasteiger partial charge in [-0.15, -0.1) is 0 Å². The first kappa shape index (κ1) is 18.3. The van der Waals surface area contributed by atoms with E-state index in [0.717, 1.165) is 25.9 Å². The molecule has 29 heavy (non-hydrogen) atoms. The number of likely N-dealkylation sites (N-methyl/N-ethyl adjacent to an activating group) is 1. The summed E-state index contributed by atoms with van der Waals surface area (Å²) in [5.41, 5.74) is -3.27. The molecular weight excluding hydrogens is 374 g/mol. The number of ether oxygens (including phenoxy) is 3. The third-order valence-corrected chi connectivity index (χ3v) is 11.0. The molecular formula is C22H33NO6. The lowest BCUT2D eigenvalue weighted by Crippen LogP contribution is -2.82. The fourth-order valence-electron chi connectivity index (χ4n) is 10.3. The van der Waals surface area contributed by atoms with Crippen LogP contribution < -0.4 is 0 Å². The minimum absolute atomic E-state index is 0.0331. The van der Waals surface area contributed by atoms with Gasteiger partial charge in [0.1, 0.15) is 16.8 Å². The molecule has 7 nitrogen and oxygen atoms in total. The predicted octanol–water partition coefficient (Wildman–Crippen LogP) is -0.239. The monoisotopic (exact) mass is 407 g/mol. The molecule has 2 heterocycles. The van der Waals surface area contributed by atoms with Crippen molar-refractivity contribution >= 4 is 0 Å². The molecule has 2 aliphatic heterocycles. The number of fused-ring (bicyclic) bond motifs is 2. The topological polar surface area (TPSA) is 94.9 Å². The van der Waals surface area contributed by atoms with Crippen molar-refractivity contribution in [3.8, 4) is 0 Å². The molecule has 162 valence electrons. The van der Waals surface area contributed by atoms with Gasteiger partial charge in [-0.2, -0.15) is 0 Å². The Balaban J connectivity index is 1.50. The van der Waals surface area contributed by atoms with Crippen LogP contribution in [0.5, 0.6) is 0 Å². The molecule has 7 aliphatic rings. The van der Waals surface area contributed by atoms with E-state index >= 15 is 0 Å². The SMILES string of the molecule is CCN1CC23OC2CC(O)C24C1C(CC32)C1(O)CC(OC)C2CC4C1(O)C2OC. The highest BCUT2D eigenvalue weighted by Crippen LogP contribution is 2.81. The number of aliphatic hydroxyl groups is 3. The third-order valence-electron chi connectivity index (χ3n) is 11.0. The Morgan fingerprint density at radius 2 is 1.90 bits per heavy atom. The van der Waals surface area contributed by atoms with Crippen LogP contribution in [0.2, 0.25) is 0 Å². The van der Waals surface area contributed by atoms with Gasteiger partial charge in [-0.1, -0.05) is 6.92 Å². The molecule has 7 rings (SSSR count). The number of rotatable bonds is 3. The van der Waals surface area contributed by atoms with E-state index in [-0.39, 0.29) is 47.5 Å². The van der Waals surface area contributed by atoms with Gasteiger partial charge in [0.15, 0.2) is 0 Å². The Bertz CT molecular complexity index is 780. The zero-order valence-corrected chi connectivity index (χ0v) is 17.5. The first-order valence-corrected chi connectivity index (χ1v) is 11.4. The minimum Gasteiger partial charge on any atom is -0.392 e. The second-order valence-corrected chi connectivity index (χ2v) is 11.1. The zero-order valence-electron chi connectivity index (χ0n) is 17.5. The molecule has 7 heteroatoms. The molecule has 5 aliphatic carbocycles. The Morgan fingerprint density at radius 1 is 1.10 bits per heavy atom. The number of epoxide rings is 1. The van der Waals surface area contributed by atoms with Crippen molar-refractivity contribution < 1.29 is 29.5 Å². The summed E-state index contributed by atoms with van der Waals surface area (Å²) in [6.07, 6.45) is 1.62. The summed E-state index contributed by atoms with van der Waals surface area (Å²) in [6.45, 7) is 3.92. The van der Waals surface area contributed by atoms with E-state index in [2.05, 4.69) is 11.8 Å². The van der Waals surface area contributed by atoms with E-state index in [1.807, 2.05) is 0 Å². The number of hydrogen-bond donors (Lipinski definition) is 3. The summed E-state index contributed by atoms with van der Waals surface area (Å²) in [5.74, 6) is -0.0940. The molecule has 2 saturated heterocycles. The van der Waals surface area contributed by atoms with E-state index in [9.17, 15) is 15.3 Å². The molecule has 7 bridgehead atoms. The maximum absolute atomic E-state index is 12.3. The fourth-order valence-corrected chi connectivity index (χ4v) is 10.3.